The number of nitrogens with zero attached hydrogens (tertiary/aromatic N) is 2. The molecule has 2 aliphatic rings. The van der Waals surface area contributed by atoms with Gasteiger partial charge in [0, 0.05) is 0 Å². The quantitative estimate of drug-likeness (QED) is 0.483. The fourth-order valence-electron chi connectivity index (χ4n) is 1.69. The van der Waals surface area contributed by atoms with Crippen LogP contribution >= 0.6 is 0 Å². The summed E-state index contributed by atoms with van der Waals surface area (Å²) in [4.78, 5) is 21.4. The maximum absolute atomic E-state index is 11.5. The smallest absolute Gasteiger partial charge is 0.358 e. The van der Waals surface area contributed by atoms with Gasteiger partial charge >= 0.3 is 5.82 Å². The molecule has 3 rings (SSSR count). The zero-order chi connectivity index (χ0) is 10.6. The van der Waals surface area contributed by atoms with Crippen LogP contribution in [0.15, 0.2) is 4.52 Å². The summed E-state index contributed by atoms with van der Waals surface area (Å²) in [5, 5.41) is 13.8. The number of carbonyl (C=O) groups excluding carboxylic acids is 1. The molecular weight excluding hydrogens is 208 g/mol. The molecule has 8 nitrogen and oxygen atoms in total. The molecule has 0 saturated carbocycles. The number of aromatic nitrogens is 1. The van der Waals surface area contributed by atoms with Gasteiger partial charge in [0.05, 0.1) is 6.61 Å². The zero-order valence-electron chi connectivity index (χ0n) is 7.21. The number of Topliss-reactive ketones (excluding diaryl/α,β-unsaturated/α-hetero) is 1. The number of hydrogen-bond acceptors (Lipinski definition) is 7. The molecule has 0 aliphatic carbocycles. The lowest BCUT2D eigenvalue weighted by Gasteiger charge is -2.13. The summed E-state index contributed by atoms with van der Waals surface area (Å²) in [6.45, 7) is 0.103. The van der Waals surface area contributed by atoms with Crippen molar-refractivity contribution in [1.29, 1.82) is 0 Å². The minimum absolute atomic E-state index is 0.0822. The summed E-state index contributed by atoms with van der Waals surface area (Å²) in [6.07, 6.45) is -1.63. The van der Waals surface area contributed by atoms with Crippen molar-refractivity contribution in [2.24, 2.45) is 0 Å². The Morgan fingerprint density at radius 3 is 3.07 bits per heavy atom. The Kier molecular flexibility index (Phi) is 1.48. The first-order valence-corrected chi connectivity index (χ1v) is 4.13. The monoisotopic (exact) mass is 212 g/mol. The molecule has 8 heteroatoms. The van der Waals surface area contributed by atoms with Crippen LogP contribution in [0.5, 0.6) is 0 Å². The topological polar surface area (TPSA) is 105 Å². The minimum atomic E-state index is -1.00. The molecule has 0 amide bonds. The van der Waals surface area contributed by atoms with Gasteiger partial charge in [-0.15, -0.1) is 0 Å². The van der Waals surface area contributed by atoms with Crippen LogP contribution in [0.4, 0.5) is 5.82 Å². The van der Waals surface area contributed by atoms with Crippen LogP contribution in [0.2, 0.25) is 0 Å². The highest BCUT2D eigenvalue weighted by Crippen LogP contribution is 2.40. The summed E-state index contributed by atoms with van der Waals surface area (Å²) in [5.41, 5.74) is 0.0822. The number of hydrogen-bond donors (Lipinski definition) is 0. The lowest BCUT2D eigenvalue weighted by Crippen LogP contribution is -2.26. The van der Waals surface area contributed by atoms with Crippen molar-refractivity contribution in [2.75, 3.05) is 6.61 Å². The van der Waals surface area contributed by atoms with Crippen molar-refractivity contribution < 1.29 is 23.7 Å². The van der Waals surface area contributed by atoms with E-state index in [2.05, 4.69) is 9.68 Å². The third-order valence-electron chi connectivity index (χ3n) is 2.33. The van der Waals surface area contributed by atoms with Crippen LogP contribution < -0.4 is 0 Å². The van der Waals surface area contributed by atoms with E-state index in [9.17, 15) is 14.9 Å². The molecule has 1 saturated heterocycles. The van der Waals surface area contributed by atoms with E-state index in [4.69, 9.17) is 9.47 Å². The molecule has 2 aliphatic heterocycles. The molecule has 1 aromatic heterocycles. The highest BCUT2D eigenvalue weighted by molar-refractivity contribution is 5.99. The van der Waals surface area contributed by atoms with E-state index < -0.39 is 28.9 Å². The molecule has 78 valence electrons. The summed E-state index contributed by atoms with van der Waals surface area (Å²) in [6, 6.07) is 0. The first-order chi connectivity index (χ1) is 7.18. The predicted molar refractivity (Wildman–Crippen MR) is 41.1 cm³/mol. The normalized spacial score (nSPS) is 27.9. The zero-order valence-corrected chi connectivity index (χ0v) is 7.21. The maximum atomic E-state index is 11.5. The van der Waals surface area contributed by atoms with Crippen LogP contribution in [-0.4, -0.2) is 28.8 Å². The summed E-state index contributed by atoms with van der Waals surface area (Å²) < 4.78 is 14.7. The average Bonchev–Trinajstić information content (AvgIpc) is 2.80. The average molecular weight is 212 g/mol. The number of carbonyl (C=O) groups is 1. The third kappa shape index (κ3) is 0.969. The molecule has 2 atom stereocenters. The van der Waals surface area contributed by atoms with Crippen LogP contribution in [0.1, 0.15) is 22.2 Å². The first kappa shape index (κ1) is 8.50. The fourth-order valence-corrected chi connectivity index (χ4v) is 1.69. The number of nitro groups is 1. The number of fused-ring (bicyclic) bond motifs is 4. The molecular formula is C7H4N2O6. The Labute approximate surface area is 81.9 Å². The van der Waals surface area contributed by atoms with E-state index >= 15 is 0 Å². The Balaban J connectivity index is 2.21. The maximum Gasteiger partial charge on any atom is 0.420 e. The lowest BCUT2D eigenvalue weighted by molar-refractivity contribution is -0.392. The second kappa shape index (κ2) is 2.61. The van der Waals surface area contributed by atoms with E-state index in [1.165, 1.54) is 0 Å². The summed E-state index contributed by atoms with van der Waals surface area (Å²) in [7, 11) is 0. The number of ether oxygens (including phenoxy) is 2. The molecule has 0 aromatic carbocycles. The van der Waals surface area contributed by atoms with Gasteiger partial charge in [0.25, 0.3) is 5.78 Å². The van der Waals surface area contributed by atoms with Crippen LogP contribution in [0.25, 0.3) is 0 Å². The SMILES string of the molecule is O=C1c2onc([N+](=O)[O-])c2[C@H]2CO[C@@H]1O2. The summed E-state index contributed by atoms with van der Waals surface area (Å²) in [5.74, 6) is -1.16. The third-order valence-corrected chi connectivity index (χ3v) is 2.33. The Bertz CT molecular complexity index is 466. The van der Waals surface area contributed by atoms with E-state index in [1.54, 1.807) is 0 Å². The highest BCUT2D eigenvalue weighted by Gasteiger charge is 2.49. The van der Waals surface area contributed by atoms with Gasteiger partial charge in [0.2, 0.25) is 12.1 Å². The molecule has 3 heterocycles. The predicted octanol–water partition coefficient (Wildman–Crippen LogP) is 0.193. The fraction of sp³-hybridized carbons (Fsp3) is 0.429. The molecule has 0 spiro atoms. The van der Waals surface area contributed by atoms with Crippen molar-refractivity contribution in [3.05, 3.63) is 21.4 Å². The minimum Gasteiger partial charge on any atom is -0.358 e. The van der Waals surface area contributed by atoms with Gasteiger partial charge in [-0.05, 0) is 4.92 Å². The van der Waals surface area contributed by atoms with Crippen molar-refractivity contribution in [3.63, 3.8) is 0 Å². The standard InChI is InChI=1S/C7H4N2O6/c10-4-5-3(2-1-13-7(4)14-2)6(8-15-5)9(11)12/h2,7H,1H2/t2-,7-/m1/s1. The molecule has 0 radical (unpaired) electrons. The first-order valence-electron chi connectivity index (χ1n) is 4.13. The van der Waals surface area contributed by atoms with Gasteiger partial charge in [-0.2, -0.15) is 0 Å². The highest BCUT2D eigenvalue weighted by atomic mass is 16.7. The van der Waals surface area contributed by atoms with Gasteiger partial charge in [0.1, 0.15) is 11.7 Å². The van der Waals surface area contributed by atoms with Crippen molar-refractivity contribution in [1.82, 2.24) is 5.16 Å². The van der Waals surface area contributed by atoms with Gasteiger partial charge < -0.3 is 19.6 Å². The largest absolute Gasteiger partial charge is 0.420 e. The van der Waals surface area contributed by atoms with E-state index in [1.807, 2.05) is 0 Å². The lowest BCUT2D eigenvalue weighted by atomic mass is 10.1. The number of rotatable bonds is 1. The van der Waals surface area contributed by atoms with Crippen LogP contribution in [0, 0.1) is 10.1 Å². The Morgan fingerprint density at radius 2 is 2.33 bits per heavy atom. The second-order valence-electron chi connectivity index (χ2n) is 3.16. The molecule has 0 N–H and O–H groups in total. The molecule has 2 bridgehead atoms. The second-order valence-corrected chi connectivity index (χ2v) is 3.16. The molecule has 15 heavy (non-hydrogen) atoms. The van der Waals surface area contributed by atoms with E-state index in [0.29, 0.717) is 0 Å². The van der Waals surface area contributed by atoms with Gasteiger partial charge in [0.15, 0.2) is 5.16 Å². The van der Waals surface area contributed by atoms with Gasteiger partial charge in [-0.25, -0.2) is 0 Å². The Morgan fingerprint density at radius 1 is 1.53 bits per heavy atom. The van der Waals surface area contributed by atoms with Gasteiger partial charge in [-0.3, -0.25) is 9.32 Å². The van der Waals surface area contributed by atoms with Crippen LogP contribution in [-0.2, 0) is 9.47 Å². The Hall–Kier alpha value is -1.80. The number of ketones is 1. The van der Waals surface area contributed by atoms with E-state index in [-0.39, 0.29) is 17.9 Å². The molecule has 1 fully saturated rings. The van der Waals surface area contributed by atoms with Gasteiger partial charge in [-0.1, -0.05) is 0 Å². The van der Waals surface area contributed by atoms with Crippen molar-refractivity contribution in [2.45, 2.75) is 12.4 Å². The molecule has 1 aromatic rings. The molecule has 0 unspecified atom stereocenters. The van der Waals surface area contributed by atoms with Crippen molar-refractivity contribution in [3.8, 4) is 0 Å². The van der Waals surface area contributed by atoms with Crippen molar-refractivity contribution >= 4 is 11.6 Å². The summed E-state index contributed by atoms with van der Waals surface area (Å²) >= 11 is 0. The van der Waals surface area contributed by atoms with E-state index in [0.717, 1.165) is 0 Å². The van der Waals surface area contributed by atoms with Crippen LogP contribution in [0.3, 0.4) is 0 Å².